The Morgan fingerprint density at radius 2 is 2.47 bits per heavy atom. The number of aryl methyl sites for hydroxylation is 1. The molecule has 0 spiro atoms. The van der Waals surface area contributed by atoms with E-state index < -0.39 is 5.97 Å². The van der Waals surface area contributed by atoms with Crippen LogP contribution >= 0.6 is 11.3 Å². The number of rotatable bonds is 5. The third-order valence-corrected chi connectivity index (χ3v) is 3.19. The van der Waals surface area contributed by atoms with Gasteiger partial charge >= 0.3 is 5.97 Å². The van der Waals surface area contributed by atoms with Gasteiger partial charge in [0.15, 0.2) is 4.88 Å². The van der Waals surface area contributed by atoms with Crippen molar-refractivity contribution in [2.75, 3.05) is 0 Å². The second-order valence-corrected chi connectivity index (χ2v) is 4.26. The summed E-state index contributed by atoms with van der Waals surface area (Å²) in [5, 5.41) is 8.96. The van der Waals surface area contributed by atoms with Crippen LogP contribution in [0.15, 0.2) is 18.7 Å². The molecule has 0 amide bonds. The fourth-order valence-electron chi connectivity index (χ4n) is 1.08. The standard InChI is InChI=1S/C11H14O3S/c1-4-7(3)14-9-6-8(5-2)15-10(9)11(12)13/h4,6-7H,1,5H2,2-3H3,(H,12,13). The van der Waals surface area contributed by atoms with E-state index in [4.69, 9.17) is 9.84 Å². The lowest BCUT2D eigenvalue weighted by molar-refractivity contribution is 0.0697. The molecule has 1 rings (SSSR count). The Bertz CT molecular complexity index is 368. The zero-order chi connectivity index (χ0) is 11.4. The molecule has 0 fully saturated rings. The van der Waals surface area contributed by atoms with Crippen molar-refractivity contribution in [1.82, 2.24) is 0 Å². The second kappa shape index (κ2) is 4.98. The van der Waals surface area contributed by atoms with Gasteiger partial charge < -0.3 is 9.84 Å². The highest BCUT2D eigenvalue weighted by molar-refractivity contribution is 7.14. The SMILES string of the molecule is C=CC(C)Oc1cc(CC)sc1C(=O)O. The van der Waals surface area contributed by atoms with E-state index in [9.17, 15) is 4.79 Å². The summed E-state index contributed by atoms with van der Waals surface area (Å²) in [7, 11) is 0. The number of hydrogen-bond donors (Lipinski definition) is 1. The lowest BCUT2D eigenvalue weighted by atomic mass is 10.3. The van der Waals surface area contributed by atoms with Gasteiger partial charge in [-0.3, -0.25) is 0 Å². The molecule has 0 saturated carbocycles. The topological polar surface area (TPSA) is 46.5 Å². The van der Waals surface area contributed by atoms with Crippen LogP contribution in [0.1, 0.15) is 28.4 Å². The van der Waals surface area contributed by atoms with Gasteiger partial charge in [-0.1, -0.05) is 19.6 Å². The van der Waals surface area contributed by atoms with Gasteiger partial charge in [-0.05, 0) is 19.4 Å². The lowest BCUT2D eigenvalue weighted by Gasteiger charge is -2.08. The molecule has 0 aliphatic carbocycles. The molecule has 1 heterocycles. The molecule has 0 aromatic carbocycles. The van der Waals surface area contributed by atoms with Gasteiger partial charge in [0.25, 0.3) is 0 Å². The van der Waals surface area contributed by atoms with E-state index in [1.165, 1.54) is 11.3 Å². The maximum Gasteiger partial charge on any atom is 0.349 e. The van der Waals surface area contributed by atoms with Crippen molar-refractivity contribution in [3.63, 3.8) is 0 Å². The quantitative estimate of drug-likeness (QED) is 0.785. The normalized spacial score (nSPS) is 12.1. The van der Waals surface area contributed by atoms with Crippen molar-refractivity contribution < 1.29 is 14.6 Å². The van der Waals surface area contributed by atoms with Gasteiger partial charge in [0.05, 0.1) is 0 Å². The summed E-state index contributed by atoms with van der Waals surface area (Å²) in [4.78, 5) is 12.2. The summed E-state index contributed by atoms with van der Waals surface area (Å²) in [5.74, 6) is -0.497. The zero-order valence-electron chi connectivity index (χ0n) is 8.82. The molecular formula is C11H14O3S. The van der Waals surface area contributed by atoms with Crippen molar-refractivity contribution in [2.24, 2.45) is 0 Å². The first-order valence-corrected chi connectivity index (χ1v) is 5.55. The van der Waals surface area contributed by atoms with E-state index in [0.717, 1.165) is 11.3 Å². The Morgan fingerprint density at radius 3 is 2.93 bits per heavy atom. The van der Waals surface area contributed by atoms with Gasteiger partial charge in [0.1, 0.15) is 11.9 Å². The summed E-state index contributed by atoms with van der Waals surface area (Å²) in [6, 6.07) is 1.79. The first-order chi connectivity index (χ1) is 7.08. The third kappa shape index (κ3) is 2.83. The minimum Gasteiger partial charge on any atom is -0.485 e. The van der Waals surface area contributed by atoms with Crippen LogP contribution in [0.2, 0.25) is 0 Å². The molecule has 1 aromatic heterocycles. The minimum absolute atomic E-state index is 0.178. The molecule has 3 nitrogen and oxygen atoms in total. The van der Waals surface area contributed by atoms with Gasteiger partial charge in [-0.25, -0.2) is 4.79 Å². The Balaban J connectivity index is 2.98. The maximum atomic E-state index is 10.9. The first kappa shape index (κ1) is 11.8. The number of hydrogen-bond acceptors (Lipinski definition) is 3. The largest absolute Gasteiger partial charge is 0.485 e. The van der Waals surface area contributed by atoms with Gasteiger partial charge in [-0.2, -0.15) is 0 Å². The molecule has 82 valence electrons. The summed E-state index contributed by atoms with van der Waals surface area (Å²) in [5.41, 5.74) is 0. The van der Waals surface area contributed by atoms with Crippen LogP contribution < -0.4 is 4.74 Å². The van der Waals surface area contributed by atoms with Crippen molar-refractivity contribution in [2.45, 2.75) is 26.4 Å². The number of carbonyl (C=O) groups is 1. The number of carboxylic acids is 1. The highest BCUT2D eigenvalue weighted by atomic mass is 32.1. The lowest BCUT2D eigenvalue weighted by Crippen LogP contribution is -2.09. The summed E-state index contributed by atoms with van der Waals surface area (Å²) in [6.07, 6.45) is 2.27. The minimum atomic E-state index is -0.939. The summed E-state index contributed by atoms with van der Waals surface area (Å²) >= 11 is 1.26. The molecule has 1 atom stereocenters. The predicted molar refractivity (Wildman–Crippen MR) is 60.9 cm³/mol. The highest BCUT2D eigenvalue weighted by Crippen LogP contribution is 2.30. The van der Waals surface area contributed by atoms with Crippen LogP contribution in [0.5, 0.6) is 5.75 Å². The molecule has 0 aliphatic heterocycles. The van der Waals surface area contributed by atoms with Gasteiger partial charge in [0.2, 0.25) is 0 Å². The molecule has 1 aromatic rings. The summed E-state index contributed by atoms with van der Waals surface area (Å²) < 4.78 is 5.45. The number of ether oxygens (including phenoxy) is 1. The van der Waals surface area contributed by atoms with E-state index in [2.05, 4.69) is 6.58 Å². The van der Waals surface area contributed by atoms with E-state index in [-0.39, 0.29) is 11.0 Å². The maximum absolute atomic E-state index is 10.9. The van der Waals surface area contributed by atoms with E-state index in [0.29, 0.717) is 5.75 Å². The molecule has 1 unspecified atom stereocenters. The van der Waals surface area contributed by atoms with Crippen molar-refractivity contribution >= 4 is 17.3 Å². The Labute approximate surface area is 93.0 Å². The van der Waals surface area contributed by atoms with Crippen LogP contribution in [0.25, 0.3) is 0 Å². The Hall–Kier alpha value is -1.29. The number of carboxylic acid groups (broad SMARTS) is 1. The molecule has 0 saturated heterocycles. The predicted octanol–water partition coefficient (Wildman–Crippen LogP) is 2.96. The Kier molecular flexibility index (Phi) is 3.91. The van der Waals surface area contributed by atoms with Crippen molar-refractivity contribution in [1.29, 1.82) is 0 Å². The zero-order valence-corrected chi connectivity index (χ0v) is 9.63. The smallest absolute Gasteiger partial charge is 0.349 e. The van der Waals surface area contributed by atoms with Crippen LogP contribution in [-0.2, 0) is 6.42 Å². The van der Waals surface area contributed by atoms with Crippen LogP contribution in [0.4, 0.5) is 0 Å². The van der Waals surface area contributed by atoms with E-state index in [1.807, 2.05) is 13.8 Å². The van der Waals surface area contributed by atoms with E-state index >= 15 is 0 Å². The number of aromatic carboxylic acids is 1. The molecule has 0 bridgehead atoms. The molecule has 4 heteroatoms. The average Bonchev–Trinajstić information content (AvgIpc) is 2.61. The highest BCUT2D eigenvalue weighted by Gasteiger charge is 2.17. The van der Waals surface area contributed by atoms with Gasteiger partial charge in [0, 0.05) is 4.88 Å². The number of thiophene rings is 1. The van der Waals surface area contributed by atoms with E-state index in [1.54, 1.807) is 12.1 Å². The molecule has 1 N–H and O–H groups in total. The molecule has 0 aliphatic rings. The van der Waals surface area contributed by atoms with Crippen molar-refractivity contribution in [3.05, 3.63) is 28.5 Å². The molecule has 15 heavy (non-hydrogen) atoms. The average molecular weight is 226 g/mol. The third-order valence-electron chi connectivity index (χ3n) is 1.94. The monoisotopic (exact) mass is 226 g/mol. The van der Waals surface area contributed by atoms with Crippen molar-refractivity contribution in [3.8, 4) is 5.75 Å². The van der Waals surface area contributed by atoms with Gasteiger partial charge in [-0.15, -0.1) is 11.3 Å². The molecular weight excluding hydrogens is 212 g/mol. The van der Waals surface area contributed by atoms with Crippen LogP contribution in [0, 0.1) is 0 Å². The fraction of sp³-hybridized carbons (Fsp3) is 0.364. The van der Waals surface area contributed by atoms with Crippen LogP contribution in [0.3, 0.4) is 0 Å². The Morgan fingerprint density at radius 1 is 1.80 bits per heavy atom. The first-order valence-electron chi connectivity index (χ1n) is 4.73. The second-order valence-electron chi connectivity index (χ2n) is 3.12. The fourth-order valence-corrected chi connectivity index (χ4v) is 1.95. The molecule has 0 radical (unpaired) electrons. The summed E-state index contributed by atoms with van der Waals surface area (Å²) in [6.45, 7) is 7.39. The van der Waals surface area contributed by atoms with Crippen LogP contribution in [-0.4, -0.2) is 17.2 Å².